The summed E-state index contributed by atoms with van der Waals surface area (Å²) in [5, 5.41) is 7.00. The predicted molar refractivity (Wildman–Crippen MR) is 125 cm³/mol. The van der Waals surface area contributed by atoms with Gasteiger partial charge in [-0.25, -0.2) is 0 Å². The van der Waals surface area contributed by atoms with Gasteiger partial charge in [-0.15, -0.1) is 24.0 Å². The zero-order valence-electron chi connectivity index (χ0n) is 17.9. The van der Waals surface area contributed by atoms with E-state index in [0.717, 1.165) is 38.7 Å². The molecule has 1 unspecified atom stereocenters. The highest BCUT2D eigenvalue weighted by atomic mass is 127. The lowest BCUT2D eigenvalue weighted by molar-refractivity contribution is 0.102. The molecule has 2 aliphatic heterocycles. The molecule has 0 amide bonds. The average molecular weight is 495 g/mol. The number of nitrogens with one attached hydrogen (secondary N) is 2. The summed E-state index contributed by atoms with van der Waals surface area (Å²) in [6.07, 6.45) is 6.57. The number of likely N-dealkylation sites (tertiary alicyclic amines) is 2. The maximum atomic E-state index is 5.25. The van der Waals surface area contributed by atoms with Crippen LogP contribution in [-0.4, -0.2) is 86.9 Å². The molecule has 0 aromatic heterocycles. The average Bonchev–Trinajstić information content (AvgIpc) is 3.10. The minimum atomic E-state index is 0. The number of hydrogen-bond donors (Lipinski definition) is 2. The van der Waals surface area contributed by atoms with Crippen LogP contribution in [0.25, 0.3) is 0 Å². The van der Waals surface area contributed by atoms with E-state index >= 15 is 0 Å². The van der Waals surface area contributed by atoms with Gasteiger partial charge >= 0.3 is 0 Å². The Morgan fingerprint density at radius 1 is 1.11 bits per heavy atom. The molecule has 0 radical (unpaired) electrons. The molecule has 2 heterocycles. The lowest BCUT2D eigenvalue weighted by Crippen LogP contribution is -2.50. The summed E-state index contributed by atoms with van der Waals surface area (Å²) in [4.78, 5) is 10.1. The Bertz CT molecular complexity index is 427. The van der Waals surface area contributed by atoms with Crippen molar-refractivity contribution in [3.05, 3.63) is 0 Å². The molecule has 0 aromatic carbocycles. The largest absolute Gasteiger partial charge is 0.383 e. The van der Waals surface area contributed by atoms with Crippen LogP contribution in [-0.2, 0) is 4.74 Å². The van der Waals surface area contributed by atoms with E-state index in [0.29, 0.717) is 6.04 Å². The van der Waals surface area contributed by atoms with Crippen molar-refractivity contribution < 1.29 is 4.74 Å². The second-order valence-electron chi connectivity index (χ2n) is 8.26. The zero-order chi connectivity index (χ0) is 18.8. The van der Waals surface area contributed by atoms with Gasteiger partial charge in [0.15, 0.2) is 5.96 Å². The molecule has 0 spiro atoms. The molecule has 2 rings (SSSR count). The highest BCUT2D eigenvalue weighted by Gasteiger charge is 2.28. The van der Waals surface area contributed by atoms with Gasteiger partial charge in [0.25, 0.3) is 0 Å². The monoisotopic (exact) mass is 495 g/mol. The Morgan fingerprint density at radius 2 is 1.85 bits per heavy atom. The minimum Gasteiger partial charge on any atom is -0.383 e. The highest BCUT2D eigenvalue weighted by molar-refractivity contribution is 14.0. The van der Waals surface area contributed by atoms with Gasteiger partial charge in [0.05, 0.1) is 13.2 Å². The highest BCUT2D eigenvalue weighted by Crippen LogP contribution is 2.21. The van der Waals surface area contributed by atoms with E-state index in [1.807, 2.05) is 0 Å². The summed E-state index contributed by atoms with van der Waals surface area (Å²) in [6, 6.07) is 0.587. The van der Waals surface area contributed by atoms with E-state index in [4.69, 9.17) is 9.73 Å². The number of rotatable bonds is 9. The molecule has 0 saturated carbocycles. The summed E-state index contributed by atoms with van der Waals surface area (Å²) < 4.78 is 5.25. The van der Waals surface area contributed by atoms with Gasteiger partial charge in [-0.2, -0.15) is 0 Å². The molecule has 2 N–H and O–H groups in total. The first kappa shape index (κ1) is 24.9. The molecule has 160 valence electrons. The van der Waals surface area contributed by atoms with Gasteiger partial charge in [0.2, 0.25) is 0 Å². The summed E-state index contributed by atoms with van der Waals surface area (Å²) in [5.74, 6) is 0.955. The topological polar surface area (TPSA) is 52.1 Å². The number of methoxy groups -OCH3 is 1. The Kier molecular flexibility index (Phi) is 12.2. The molecule has 2 saturated heterocycles. The van der Waals surface area contributed by atoms with Gasteiger partial charge < -0.3 is 15.4 Å². The zero-order valence-corrected chi connectivity index (χ0v) is 20.3. The third kappa shape index (κ3) is 8.41. The summed E-state index contributed by atoms with van der Waals surface area (Å²) >= 11 is 0. The third-order valence-electron chi connectivity index (χ3n) is 5.77. The van der Waals surface area contributed by atoms with Crippen LogP contribution < -0.4 is 10.6 Å². The van der Waals surface area contributed by atoms with Crippen molar-refractivity contribution in [3.63, 3.8) is 0 Å². The predicted octanol–water partition coefficient (Wildman–Crippen LogP) is 2.53. The Hall–Kier alpha value is -0.120. The van der Waals surface area contributed by atoms with Crippen LogP contribution in [0.3, 0.4) is 0 Å². The third-order valence-corrected chi connectivity index (χ3v) is 5.77. The molecular weight excluding hydrogens is 453 g/mol. The molecular formula is C20H42IN5O. The number of hydrogen-bond acceptors (Lipinski definition) is 4. The molecule has 2 aliphatic rings. The lowest BCUT2D eigenvalue weighted by Gasteiger charge is -2.40. The van der Waals surface area contributed by atoms with E-state index in [-0.39, 0.29) is 29.5 Å². The smallest absolute Gasteiger partial charge is 0.191 e. The summed E-state index contributed by atoms with van der Waals surface area (Å²) in [5.41, 5.74) is 0.126. The van der Waals surface area contributed by atoms with Gasteiger partial charge in [-0.3, -0.25) is 14.8 Å². The van der Waals surface area contributed by atoms with Crippen LogP contribution in [0.5, 0.6) is 0 Å². The van der Waals surface area contributed by atoms with Crippen molar-refractivity contribution in [1.29, 1.82) is 0 Å². The van der Waals surface area contributed by atoms with Crippen LogP contribution in [0.15, 0.2) is 4.99 Å². The Labute approximate surface area is 183 Å². The van der Waals surface area contributed by atoms with Crippen LogP contribution in [0.1, 0.15) is 52.9 Å². The van der Waals surface area contributed by atoms with E-state index in [1.165, 1.54) is 51.7 Å². The van der Waals surface area contributed by atoms with Crippen molar-refractivity contribution in [3.8, 4) is 0 Å². The number of aliphatic imine (C=N–C) groups is 1. The second-order valence-corrected chi connectivity index (χ2v) is 8.26. The van der Waals surface area contributed by atoms with Crippen molar-refractivity contribution >= 4 is 29.9 Å². The van der Waals surface area contributed by atoms with Crippen molar-refractivity contribution in [1.82, 2.24) is 20.4 Å². The lowest BCUT2D eigenvalue weighted by atomic mass is 9.99. The normalized spacial score (nSPS) is 22.5. The molecule has 2 fully saturated rings. The van der Waals surface area contributed by atoms with E-state index < -0.39 is 0 Å². The number of nitrogens with zero attached hydrogens (tertiary/aromatic N) is 3. The van der Waals surface area contributed by atoms with Crippen molar-refractivity contribution in [2.45, 2.75) is 64.5 Å². The molecule has 6 nitrogen and oxygen atoms in total. The molecule has 1 atom stereocenters. The quantitative estimate of drug-likeness (QED) is 0.293. The minimum absolute atomic E-state index is 0. The fourth-order valence-electron chi connectivity index (χ4n) is 4.06. The van der Waals surface area contributed by atoms with Crippen LogP contribution >= 0.6 is 24.0 Å². The fourth-order valence-corrected chi connectivity index (χ4v) is 4.06. The Balaban J connectivity index is 0.00000364. The van der Waals surface area contributed by atoms with Gasteiger partial charge in [0.1, 0.15) is 0 Å². The second kappa shape index (κ2) is 13.2. The maximum Gasteiger partial charge on any atom is 0.191 e. The first-order chi connectivity index (χ1) is 12.6. The standard InChI is InChI=1S/C20H41N5O.HI/c1-5-21-19(22-16-18-10-9-11-24(18)14-15-26-4)23-17-20(2,3)25-12-7-6-8-13-25;/h18H,5-17H2,1-4H3,(H2,21,22,23);1H. The molecule has 0 bridgehead atoms. The maximum absolute atomic E-state index is 5.25. The van der Waals surface area contributed by atoms with E-state index in [2.05, 4.69) is 41.2 Å². The fraction of sp³-hybridized carbons (Fsp3) is 0.950. The number of ether oxygens (including phenoxy) is 1. The summed E-state index contributed by atoms with van der Waals surface area (Å²) in [6.45, 7) is 14.9. The van der Waals surface area contributed by atoms with Crippen molar-refractivity contribution in [2.75, 3.05) is 59.5 Å². The Morgan fingerprint density at radius 3 is 2.52 bits per heavy atom. The molecule has 0 aromatic rings. The van der Waals surface area contributed by atoms with Gasteiger partial charge in [0, 0.05) is 38.3 Å². The van der Waals surface area contributed by atoms with Gasteiger partial charge in [-0.1, -0.05) is 6.42 Å². The van der Waals surface area contributed by atoms with Crippen LogP contribution in [0.4, 0.5) is 0 Å². The molecule has 27 heavy (non-hydrogen) atoms. The van der Waals surface area contributed by atoms with Crippen LogP contribution in [0.2, 0.25) is 0 Å². The van der Waals surface area contributed by atoms with Gasteiger partial charge in [-0.05, 0) is 66.1 Å². The van der Waals surface area contributed by atoms with Crippen molar-refractivity contribution in [2.24, 2.45) is 4.99 Å². The van der Waals surface area contributed by atoms with E-state index in [9.17, 15) is 0 Å². The SMILES string of the molecule is CCNC(=NCC(C)(C)N1CCCCC1)NCC1CCCN1CCOC.I. The molecule has 7 heteroatoms. The van der Waals surface area contributed by atoms with E-state index in [1.54, 1.807) is 7.11 Å². The first-order valence-corrected chi connectivity index (χ1v) is 10.6. The first-order valence-electron chi connectivity index (χ1n) is 10.6. The summed E-state index contributed by atoms with van der Waals surface area (Å²) in [7, 11) is 1.78. The number of piperidine rings is 1. The number of guanidine groups is 1. The number of halogens is 1. The van der Waals surface area contributed by atoms with Crippen LogP contribution in [0, 0.1) is 0 Å². The molecule has 0 aliphatic carbocycles.